The molecule has 1 fully saturated rings. The van der Waals surface area contributed by atoms with Gasteiger partial charge in [-0.15, -0.1) is 11.3 Å². The molecular weight excluding hydrogens is 244 g/mol. The second-order valence-electron chi connectivity index (χ2n) is 3.93. The Hall–Kier alpha value is -0.900. The fourth-order valence-electron chi connectivity index (χ4n) is 1.44. The number of rotatable bonds is 4. The highest BCUT2D eigenvalue weighted by atomic mass is 32.2. The maximum atomic E-state index is 11.9. The van der Waals surface area contributed by atoms with Crippen LogP contribution in [-0.2, 0) is 10.0 Å². The van der Waals surface area contributed by atoms with Crippen molar-refractivity contribution in [2.24, 2.45) is 5.92 Å². The molecule has 0 amide bonds. The highest BCUT2D eigenvalue weighted by Gasteiger charge is 2.34. The van der Waals surface area contributed by atoms with Crippen molar-refractivity contribution in [1.82, 2.24) is 4.72 Å². The molecule has 4 nitrogen and oxygen atoms in total. The van der Waals surface area contributed by atoms with E-state index in [0.717, 1.165) is 17.7 Å². The summed E-state index contributed by atoms with van der Waals surface area (Å²) in [6, 6.07) is 4.77. The van der Waals surface area contributed by atoms with Crippen LogP contribution in [0.5, 0.6) is 0 Å². The smallest absolute Gasteiger partial charge is 0.206 e. The first-order valence-electron chi connectivity index (χ1n) is 5.01. The lowest BCUT2D eigenvalue weighted by molar-refractivity contribution is 0.562. The Kier molecular flexibility index (Phi) is 3.02. The Balaban J connectivity index is 2.17. The largest absolute Gasteiger partial charge is 0.251 e. The highest BCUT2D eigenvalue weighted by Crippen LogP contribution is 2.33. The van der Waals surface area contributed by atoms with Crippen molar-refractivity contribution in [3.05, 3.63) is 17.0 Å². The van der Waals surface area contributed by atoms with Crippen molar-refractivity contribution >= 4 is 21.4 Å². The third-order valence-electron chi connectivity index (χ3n) is 2.50. The first-order chi connectivity index (χ1) is 7.53. The summed E-state index contributed by atoms with van der Waals surface area (Å²) >= 11 is 1.22. The van der Waals surface area contributed by atoms with E-state index >= 15 is 0 Å². The summed E-state index contributed by atoms with van der Waals surface area (Å²) in [4.78, 5) is 0.945. The van der Waals surface area contributed by atoms with Crippen LogP contribution >= 0.6 is 11.3 Å². The van der Waals surface area contributed by atoms with Gasteiger partial charge in [0, 0.05) is 4.88 Å². The third kappa shape index (κ3) is 2.43. The minimum Gasteiger partial charge on any atom is -0.206 e. The van der Waals surface area contributed by atoms with Crippen molar-refractivity contribution in [3.8, 4) is 6.07 Å². The van der Waals surface area contributed by atoms with Crippen LogP contribution in [0.3, 0.4) is 0 Å². The number of nitriles is 1. The van der Waals surface area contributed by atoms with E-state index in [2.05, 4.69) is 4.72 Å². The number of nitrogens with zero attached hydrogens (tertiary/aromatic N) is 1. The van der Waals surface area contributed by atoms with Gasteiger partial charge in [-0.1, -0.05) is 0 Å². The van der Waals surface area contributed by atoms with Gasteiger partial charge in [-0.25, -0.2) is 8.42 Å². The Morgan fingerprint density at radius 3 is 2.69 bits per heavy atom. The number of hydrogen-bond acceptors (Lipinski definition) is 4. The minimum absolute atomic E-state index is 0.195. The van der Waals surface area contributed by atoms with Gasteiger partial charge in [-0.05, 0) is 37.8 Å². The number of thiophene rings is 1. The van der Waals surface area contributed by atoms with E-state index in [1.54, 1.807) is 12.1 Å². The topological polar surface area (TPSA) is 70.0 Å². The lowest BCUT2D eigenvalue weighted by atomic mass is 10.2. The average molecular weight is 256 g/mol. The van der Waals surface area contributed by atoms with E-state index in [9.17, 15) is 8.42 Å². The van der Waals surface area contributed by atoms with Crippen LogP contribution in [0.25, 0.3) is 0 Å². The zero-order chi connectivity index (χ0) is 11.8. The first-order valence-corrected chi connectivity index (χ1v) is 7.31. The molecule has 0 spiro atoms. The zero-order valence-corrected chi connectivity index (χ0v) is 10.4. The van der Waals surface area contributed by atoms with Gasteiger partial charge in [0.2, 0.25) is 0 Å². The summed E-state index contributed by atoms with van der Waals surface area (Å²) in [7, 11) is -3.51. The predicted molar refractivity (Wildman–Crippen MR) is 61.5 cm³/mol. The van der Waals surface area contributed by atoms with Crippen LogP contribution in [0.4, 0.5) is 0 Å². The maximum Gasteiger partial charge on any atom is 0.251 e. The van der Waals surface area contributed by atoms with Crippen molar-refractivity contribution in [1.29, 1.82) is 5.26 Å². The number of hydrogen-bond donors (Lipinski definition) is 1. The second-order valence-corrected chi connectivity index (χ2v) is 7.16. The second kappa shape index (κ2) is 4.17. The third-order valence-corrected chi connectivity index (χ3v) is 5.43. The molecule has 1 heterocycles. The Morgan fingerprint density at radius 1 is 1.56 bits per heavy atom. The molecule has 1 aliphatic rings. The molecule has 6 heteroatoms. The molecule has 0 saturated heterocycles. The van der Waals surface area contributed by atoms with E-state index in [1.165, 1.54) is 11.3 Å². The van der Waals surface area contributed by atoms with E-state index in [-0.39, 0.29) is 10.1 Å². The lowest BCUT2D eigenvalue weighted by Crippen LogP contribution is -2.34. The summed E-state index contributed by atoms with van der Waals surface area (Å²) in [5.74, 6) is 0.195. The molecule has 1 atom stereocenters. The van der Waals surface area contributed by atoms with Gasteiger partial charge in [-0.3, -0.25) is 0 Å². The molecule has 0 aromatic carbocycles. The van der Waals surface area contributed by atoms with E-state index < -0.39 is 16.1 Å². The van der Waals surface area contributed by atoms with Crippen LogP contribution in [0.15, 0.2) is 16.3 Å². The van der Waals surface area contributed by atoms with E-state index in [0.29, 0.717) is 0 Å². The van der Waals surface area contributed by atoms with Crippen LogP contribution in [-0.4, -0.2) is 14.5 Å². The van der Waals surface area contributed by atoms with Gasteiger partial charge in [-0.2, -0.15) is 9.98 Å². The monoisotopic (exact) mass is 256 g/mol. The summed E-state index contributed by atoms with van der Waals surface area (Å²) in [6.45, 7) is 1.85. The summed E-state index contributed by atoms with van der Waals surface area (Å²) in [5.41, 5.74) is 0. The van der Waals surface area contributed by atoms with Crippen molar-refractivity contribution in [2.75, 3.05) is 0 Å². The van der Waals surface area contributed by atoms with Crippen LogP contribution in [0.1, 0.15) is 17.7 Å². The molecule has 0 bridgehead atoms. The minimum atomic E-state index is -3.51. The van der Waals surface area contributed by atoms with Crippen LogP contribution in [0.2, 0.25) is 0 Å². The van der Waals surface area contributed by atoms with E-state index in [1.807, 2.05) is 13.0 Å². The van der Waals surface area contributed by atoms with Crippen molar-refractivity contribution in [3.63, 3.8) is 0 Å². The Bertz CT molecular complexity index is 523. The molecule has 1 aromatic heterocycles. The Morgan fingerprint density at radius 2 is 2.25 bits per heavy atom. The molecule has 0 radical (unpaired) electrons. The quantitative estimate of drug-likeness (QED) is 0.890. The Labute approximate surface area is 99.0 Å². The number of sulfonamides is 1. The highest BCUT2D eigenvalue weighted by molar-refractivity contribution is 7.91. The summed E-state index contributed by atoms with van der Waals surface area (Å²) in [6.07, 6.45) is 1.87. The standard InChI is InChI=1S/C10H12N2O2S2/c1-7-2-5-10(15-7)16(13,14)12-9(6-11)8-3-4-8/h2,5,8-9,12H,3-4H2,1H3. The SMILES string of the molecule is Cc1ccc(S(=O)(=O)NC(C#N)C2CC2)s1. The molecule has 86 valence electrons. The lowest BCUT2D eigenvalue weighted by Gasteiger charge is -2.09. The van der Waals surface area contributed by atoms with Gasteiger partial charge in [0.1, 0.15) is 10.3 Å². The molecule has 1 aromatic rings. The molecule has 1 N–H and O–H groups in total. The number of nitrogens with one attached hydrogen (secondary N) is 1. The first kappa shape index (κ1) is 11.6. The molecule has 1 aliphatic carbocycles. The van der Waals surface area contributed by atoms with Crippen molar-refractivity contribution in [2.45, 2.75) is 30.0 Å². The predicted octanol–water partition coefficient (Wildman–Crippen LogP) is 1.64. The number of aryl methyl sites for hydroxylation is 1. The average Bonchev–Trinajstić information content (AvgIpc) is 2.97. The van der Waals surface area contributed by atoms with Gasteiger partial charge in [0.25, 0.3) is 10.0 Å². The molecule has 0 aliphatic heterocycles. The summed E-state index contributed by atoms with van der Waals surface area (Å²) < 4.78 is 26.5. The van der Waals surface area contributed by atoms with Gasteiger partial charge in [0.05, 0.1) is 6.07 Å². The molecule has 1 saturated carbocycles. The summed E-state index contributed by atoms with van der Waals surface area (Å²) in [5, 5.41) is 8.88. The molecular formula is C10H12N2O2S2. The molecule has 1 unspecified atom stereocenters. The maximum absolute atomic E-state index is 11.9. The van der Waals surface area contributed by atoms with Gasteiger partial charge >= 0.3 is 0 Å². The van der Waals surface area contributed by atoms with Crippen LogP contribution < -0.4 is 4.72 Å². The van der Waals surface area contributed by atoms with E-state index in [4.69, 9.17) is 5.26 Å². The van der Waals surface area contributed by atoms with Crippen LogP contribution in [0, 0.1) is 24.2 Å². The van der Waals surface area contributed by atoms with Crippen molar-refractivity contribution < 1.29 is 8.42 Å². The fourth-order valence-corrected chi connectivity index (χ4v) is 3.95. The van der Waals surface area contributed by atoms with Gasteiger partial charge < -0.3 is 0 Å². The fraction of sp³-hybridized carbons (Fsp3) is 0.500. The molecule has 16 heavy (non-hydrogen) atoms. The molecule has 2 rings (SSSR count). The zero-order valence-electron chi connectivity index (χ0n) is 8.80. The van der Waals surface area contributed by atoms with Gasteiger partial charge in [0.15, 0.2) is 0 Å². The normalized spacial score (nSPS) is 18.0.